The smallest absolute Gasteiger partial charge is 0.231 e. The minimum atomic E-state index is -0.600. The highest BCUT2D eigenvalue weighted by molar-refractivity contribution is 5.42. The third-order valence-corrected chi connectivity index (χ3v) is 3.38. The Kier molecular flexibility index (Phi) is 3.75. The van der Waals surface area contributed by atoms with Gasteiger partial charge in [0.15, 0.2) is 0 Å². The average Bonchev–Trinajstić information content (AvgIpc) is 2.49. The lowest BCUT2D eigenvalue weighted by Gasteiger charge is -2.23. The highest BCUT2D eigenvalue weighted by atomic mass is 16.3. The van der Waals surface area contributed by atoms with Gasteiger partial charge < -0.3 is 20.6 Å². The maximum atomic E-state index is 10.1. The molecule has 0 amide bonds. The molecule has 1 atom stereocenters. The molecule has 3 N–H and O–H groups in total. The molecule has 1 aliphatic rings. The van der Waals surface area contributed by atoms with Gasteiger partial charge in [-0.3, -0.25) is 0 Å². The molecule has 19 heavy (non-hydrogen) atoms. The lowest BCUT2D eigenvalue weighted by atomic mass is 9.98. The van der Waals surface area contributed by atoms with E-state index in [4.69, 9.17) is 5.73 Å². The molecule has 0 radical (unpaired) electrons. The van der Waals surface area contributed by atoms with Gasteiger partial charge in [-0.2, -0.15) is 15.0 Å². The standard InChI is InChI=1S/C12H22N6O/c1-12(19)5-4-7-18(8-6-12)11-15-9(13)14-10(16-11)17(2)3/h19H,4-8H2,1-3H3,(H2,13,14,15,16). The molecule has 1 aromatic heterocycles. The molecular weight excluding hydrogens is 244 g/mol. The maximum Gasteiger partial charge on any atom is 0.231 e. The lowest BCUT2D eigenvalue weighted by Crippen LogP contribution is -2.30. The van der Waals surface area contributed by atoms with Gasteiger partial charge in [0.2, 0.25) is 17.8 Å². The monoisotopic (exact) mass is 266 g/mol. The second-order valence-electron chi connectivity index (χ2n) is 5.53. The van der Waals surface area contributed by atoms with E-state index in [2.05, 4.69) is 19.9 Å². The zero-order valence-electron chi connectivity index (χ0n) is 11.8. The van der Waals surface area contributed by atoms with Crippen molar-refractivity contribution in [1.82, 2.24) is 15.0 Å². The third-order valence-electron chi connectivity index (χ3n) is 3.38. The largest absolute Gasteiger partial charge is 0.390 e. The van der Waals surface area contributed by atoms with Crippen molar-refractivity contribution in [2.75, 3.05) is 42.7 Å². The van der Waals surface area contributed by atoms with Crippen LogP contribution in [0.2, 0.25) is 0 Å². The van der Waals surface area contributed by atoms with Gasteiger partial charge in [0, 0.05) is 27.2 Å². The zero-order valence-corrected chi connectivity index (χ0v) is 11.8. The van der Waals surface area contributed by atoms with Gasteiger partial charge >= 0.3 is 0 Å². The average molecular weight is 266 g/mol. The molecule has 0 bridgehead atoms. The Balaban J connectivity index is 2.21. The fourth-order valence-electron chi connectivity index (χ4n) is 2.17. The van der Waals surface area contributed by atoms with E-state index in [-0.39, 0.29) is 5.95 Å². The van der Waals surface area contributed by atoms with Crippen molar-refractivity contribution >= 4 is 17.8 Å². The van der Waals surface area contributed by atoms with Crippen molar-refractivity contribution in [3.8, 4) is 0 Å². The van der Waals surface area contributed by atoms with Gasteiger partial charge in [0.1, 0.15) is 0 Å². The Hall–Kier alpha value is -1.63. The Morgan fingerprint density at radius 2 is 1.95 bits per heavy atom. The number of nitrogen functional groups attached to an aromatic ring is 1. The van der Waals surface area contributed by atoms with E-state index in [1.165, 1.54) is 0 Å². The second kappa shape index (κ2) is 5.16. The Morgan fingerprint density at radius 1 is 1.21 bits per heavy atom. The number of hydrogen-bond donors (Lipinski definition) is 2. The van der Waals surface area contributed by atoms with E-state index in [9.17, 15) is 5.11 Å². The summed E-state index contributed by atoms with van der Waals surface area (Å²) in [6.07, 6.45) is 2.41. The van der Waals surface area contributed by atoms with Crippen molar-refractivity contribution in [3.05, 3.63) is 0 Å². The molecule has 0 spiro atoms. The van der Waals surface area contributed by atoms with Crippen LogP contribution in [0.15, 0.2) is 0 Å². The minimum Gasteiger partial charge on any atom is -0.390 e. The SMILES string of the molecule is CN(C)c1nc(N)nc(N2CCCC(C)(O)CC2)n1. The number of hydrogen-bond acceptors (Lipinski definition) is 7. The van der Waals surface area contributed by atoms with Crippen molar-refractivity contribution in [1.29, 1.82) is 0 Å². The predicted molar refractivity (Wildman–Crippen MR) is 75.3 cm³/mol. The van der Waals surface area contributed by atoms with Crippen LogP contribution in [-0.4, -0.2) is 52.8 Å². The predicted octanol–water partition coefficient (Wildman–Crippen LogP) is 0.261. The van der Waals surface area contributed by atoms with E-state index in [0.29, 0.717) is 18.3 Å². The summed E-state index contributed by atoms with van der Waals surface area (Å²) in [5, 5.41) is 10.1. The van der Waals surface area contributed by atoms with Gasteiger partial charge in [0.05, 0.1) is 5.60 Å². The van der Waals surface area contributed by atoms with Gasteiger partial charge in [-0.1, -0.05) is 0 Å². The number of aromatic nitrogens is 3. The van der Waals surface area contributed by atoms with Crippen molar-refractivity contribution in [3.63, 3.8) is 0 Å². The van der Waals surface area contributed by atoms with Crippen LogP contribution < -0.4 is 15.5 Å². The number of nitrogens with zero attached hydrogens (tertiary/aromatic N) is 5. The summed E-state index contributed by atoms with van der Waals surface area (Å²) in [7, 11) is 3.73. The van der Waals surface area contributed by atoms with Gasteiger partial charge in [-0.05, 0) is 26.2 Å². The maximum absolute atomic E-state index is 10.1. The van der Waals surface area contributed by atoms with E-state index < -0.39 is 5.60 Å². The summed E-state index contributed by atoms with van der Waals surface area (Å²) in [5.41, 5.74) is 5.13. The van der Waals surface area contributed by atoms with Crippen LogP contribution >= 0.6 is 0 Å². The van der Waals surface area contributed by atoms with Gasteiger partial charge in [-0.25, -0.2) is 0 Å². The number of anilines is 3. The lowest BCUT2D eigenvalue weighted by molar-refractivity contribution is 0.0481. The molecule has 0 aliphatic carbocycles. The molecule has 7 heteroatoms. The van der Waals surface area contributed by atoms with Crippen LogP contribution in [0.3, 0.4) is 0 Å². The minimum absolute atomic E-state index is 0.227. The van der Waals surface area contributed by atoms with E-state index in [1.54, 1.807) is 4.90 Å². The van der Waals surface area contributed by atoms with Crippen LogP contribution in [0.5, 0.6) is 0 Å². The van der Waals surface area contributed by atoms with Crippen LogP contribution in [0.25, 0.3) is 0 Å². The van der Waals surface area contributed by atoms with E-state index in [0.717, 1.165) is 25.9 Å². The fourth-order valence-corrected chi connectivity index (χ4v) is 2.17. The molecule has 1 unspecified atom stereocenters. The summed E-state index contributed by atoms with van der Waals surface area (Å²) >= 11 is 0. The molecule has 1 fully saturated rings. The first-order valence-electron chi connectivity index (χ1n) is 6.54. The number of nitrogens with two attached hydrogens (primary N) is 1. The Bertz CT molecular complexity index is 448. The normalized spacial score (nSPS) is 24.1. The molecule has 7 nitrogen and oxygen atoms in total. The first-order valence-corrected chi connectivity index (χ1v) is 6.54. The topological polar surface area (TPSA) is 91.4 Å². The van der Waals surface area contributed by atoms with Gasteiger partial charge in [0.25, 0.3) is 0 Å². The molecule has 106 valence electrons. The highest BCUT2D eigenvalue weighted by Gasteiger charge is 2.26. The summed E-state index contributed by atoms with van der Waals surface area (Å²) in [6.45, 7) is 3.43. The molecule has 1 aromatic rings. The van der Waals surface area contributed by atoms with Crippen LogP contribution in [0.4, 0.5) is 17.8 Å². The van der Waals surface area contributed by atoms with Crippen LogP contribution in [0.1, 0.15) is 26.2 Å². The second-order valence-corrected chi connectivity index (χ2v) is 5.53. The van der Waals surface area contributed by atoms with Gasteiger partial charge in [-0.15, -0.1) is 0 Å². The highest BCUT2D eigenvalue weighted by Crippen LogP contribution is 2.24. The Morgan fingerprint density at radius 3 is 2.63 bits per heavy atom. The molecular formula is C12H22N6O. The molecule has 2 heterocycles. The van der Waals surface area contributed by atoms with Crippen molar-refractivity contribution in [2.24, 2.45) is 0 Å². The first-order chi connectivity index (χ1) is 8.87. The summed E-state index contributed by atoms with van der Waals surface area (Å²) in [6, 6.07) is 0. The van der Waals surface area contributed by atoms with E-state index >= 15 is 0 Å². The number of rotatable bonds is 2. The molecule has 2 rings (SSSR count). The van der Waals surface area contributed by atoms with Crippen molar-refractivity contribution < 1.29 is 5.11 Å². The van der Waals surface area contributed by atoms with E-state index in [1.807, 2.05) is 21.0 Å². The van der Waals surface area contributed by atoms with Crippen LogP contribution in [0, 0.1) is 0 Å². The summed E-state index contributed by atoms with van der Waals surface area (Å²) < 4.78 is 0. The molecule has 1 saturated heterocycles. The quantitative estimate of drug-likeness (QED) is 0.793. The molecule has 1 aliphatic heterocycles. The molecule has 0 saturated carbocycles. The number of aliphatic hydroxyl groups is 1. The van der Waals surface area contributed by atoms with Crippen LogP contribution in [-0.2, 0) is 0 Å². The Labute approximate surface area is 113 Å². The molecule has 0 aromatic carbocycles. The van der Waals surface area contributed by atoms with Crippen molar-refractivity contribution in [2.45, 2.75) is 31.8 Å². The summed E-state index contributed by atoms with van der Waals surface area (Å²) in [5.74, 6) is 1.37. The zero-order chi connectivity index (χ0) is 14.0. The first kappa shape index (κ1) is 13.8. The fraction of sp³-hybridized carbons (Fsp3) is 0.750. The third kappa shape index (κ3) is 3.44. The summed E-state index contributed by atoms with van der Waals surface area (Å²) in [4.78, 5) is 16.6.